The molecule has 3 aromatic carbocycles. The molecule has 4 aromatic rings. The van der Waals surface area contributed by atoms with Crippen LogP contribution in [0.5, 0.6) is 0 Å². The number of ether oxygens (including phenoxy) is 2. The third-order valence-electron chi connectivity index (χ3n) is 7.39. The quantitative estimate of drug-likeness (QED) is 0.115. The first-order valence-corrected chi connectivity index (χ1v) is 16.6. The van der Waals surface area contributed by atoms with Crippen LogP contribution in [0, 0.1) is 0 Å². The molecule has 1 aliphatic heterocycles. The number of thiazole rings is 1. The van der Waals surface area contributed by atoms with Crippen molar-refractivity contribution in [1.29, 1.82) is 0 Å². The summed E-state index contributed by atoms with van der Waals surface area (Å²) in [6, 6.07) is 26.3. The van der Waals surface area contributed by atoms with Crippen molar-refractivity contribution >= 4 is 50.7 Å². The van der Waals surface area contributed by atoms with Crippen molar-refractivity contribution in [3.8, 4) is 0 Å². The Balaban J connectivity index is 1.16. The molecular weight excluding hydrogens is 565 g/mol. The van der Waals surface area contributed by atoms with E-state index in [1.165, 1.54) is 4.70 Å². The summed E-state index contributed by atoms with van der Waals surface area (Å²) in [5, 5.41) is 3.02. The number of nitrogens with one attached hydrogen (secondary N) is 1. The number of ketones is 1. The minimum absolute atomic E-state index is 0.00885. The van der Waals surface area contributed by atoms with Crippen LogP contribution in [-0.4, -0.2) is 28.5 Å². The molecule has 0 saturated carbocycles. The topological polar surface area (TPSA) is 77.5 Å². The van der Waals surface area contributed by atoms with Crippen molar-refractivity contribution in [2.75, 3.05) is 11.1 Å². The number of amides is 1. The zero-order valence-electron chi connectivity index (χ0n) is 24.0. The van der Waals surface area contributed by atoms with Gasteiger partial charge in [0.1, 0.15) is 5.78 Å². The van der Waals surface area contributed by atoms with Gasteiger partial charge in [0.25, 0.3) is 0 Å². The average molecular weight is 603 g/mol. The molecule has 1 fully saturated rings. The van der Waals surface area contributed by atoms with Crippen LogP contribution in [0.4, 0.5) is 5.69 Å². The van der Waals surface area contributed by atoms with E-state index in [0.717, 1.165) is 64.5 Å². The number of anilines is 1. The van der Waals surface area contributed by atoms with E-state index in [0.29, 0.717) is 25.0 Å². The zero-order valence-corrected chi connectivity index (χ0v) is 25.6. The molecule has 8 heteroatoms. The maximum Gasteiger partial charge on any atom is 0.224 e. The van der Waals surface area contributed by atoms with E-state index < -0.39 is 6.29 Å². The monoisotopic (exact) mass is 602 g/mol. The Bertz CT molecular complexity index is 1410. The number of rotatable bonds is 14. The molecule has 6 nitrogen and oxygen atoms in total. The van der Waals surface area contributed by atoms with E-state index in [-0.39, 0.29) is 18.1 Å². The molecule has 1 amide bonds. The number of para-hydroxylation sites is 1. The molecule has 5 rings (SSSR count). The lowest BCUT2D eigenvalue weighted by Crippen LogP contribution is -2.31. The molecule has 0 aliphatic carbocycles. The van der Waals surface area contributed by atoms with E-state index in [1.54, 1.807) is 23.1 Å². The molecule has 0 bridgehead atoms. The minimum atomic E-state index is -0.453. The van der Waals surface area contributed by atoms with Crippen LogP contribution in [0.3, 0.4) is 0 Å². The maximum absolute atomic E-state index is 12.5. The molecule has 1 aromatic heterocycles. The minimum Gasteiger partial charge on any atom is -0.344 e. The number of carbonyl (C=O) groups excluding carboxylic acids is 2. The third kappa shape index (κ3) is 8.74. The standard InChI is InChI=1S/C34H38N2O4S2/c1-2-27(37)14-8-3-4-9-17-32(38)35-26-20-18-24(19-21-26)30-22-28(39-33(40-30)25-12-6-5-7-13-25)23-41-34-36-29-15-10-11-16-31(29)42-34/h5-7,10-13,15-16,18-21,28,30,33H,2-4,8-9,14,17,22-23H2,1H3,(H,35,38). The fraction of sp³-hybridized carbons (Fsp3) is 0.382. The Morgan fingerprint density at radius 1 is 0.881 bits per heavy atom. The summed E-state index contributed by atoms with van der Waals surface area (Å²) in [6.07, 6.45) is 5.59. The van der Waals surface area contributed by atoms with Crippen molar-refractivity contribution < 1.29 is 19.1 Å². The fourth-order valence-electron chi connectivity index (χ4n) is 5.01. The number of nitrogens with zero attached hydrogens (tertiary/aromatic N) is 1. The second-order valence-electron chi connectivity index (χ2n) is 10.6. The Kier molecular flexibility index (Phi) is 11.2. The van der Waals surface area contributed by atoms with Gasteiger partial charge in [-0.1, -0.05) is 86.1 Å². The van der Waals surface area contributed by atoms with Crippen LogP contribution in [0.1, 0.15) is 81.8 Å². The van der Waals surface area contributed by atoms with Crippen molar-refractivity contribution in [3.05, 3.63) is 90.0 Å². The third-order valence-corrected chi connectivity index (χ3v) is 9.70. The van der Waals surface area contributed by atoms with E-state index >= 15 is 0 Å². The van der Waals surface area contributed by atoms with Gasteiger partial charge in [-0.25, -0.2) is 4.98 Å². The highest BCUT2D eigenvalue weighted by atomic mass is 32.2. The Morgan fingerprint density at radius 2 is 1.62 bits per heavy atom. The SMILES string of the molecule is CCC(=O)CCCCCCC(=O)Nc1ccc(C2CC(CSc3nc4ccccc4s3)OC(c3ccccc3)O2)cc1. The lowest BCUT2D eigenvalue weighted by Gasteiger charge is -2.36. The second kappa shape index (κ2) is 15.4. The van der Waals surface area contributed by atoms with Gasteiger partial charge in [0, 0.05) is 42.7 Å². The number of unbranched alkanes of at least 4 members (excludes halogenated alkanes) is 3. The number of benzene rings is 3. The molecule has 3 unspecified atom stereocenters. The normalized spacial score (nSPS) is 18.6. The molecule has 1 N–H and O–H groups in total. The second-order valence-corrected chi connectivity index (χ2v) is 12.9. The van der Waals surface area contributed by atoms with Crippen LogP contribution in [0.25, 0.3) is 10.2 Å². The van der Waals surface area contributed by atoms with Gasteiger partial charge < -0.3 is 14.8 Å². The number of hydrogen-bond donors (Lipinski definition) is 1. The number of fused-ring (bicyclic) bond motifs is 1. The van der Waals surface area contributed by atoms with Crippen molar-refractivity contribution in [3.63, 3.8) is 0 Å². The van der Waals surface area contributed by atoms with Crippen molar-refractivity contribution in [1.82, 2.24) is 4.98 Å². The lowest BCUT2D eigenvalue weighted by molar-refractivity contribution is -0.245. The van der Waals surface area contributed by atoms with Crippen LogP contribution >= 0.6 is 23.1 Å². The predicted molar refractivity (Wildman–Crippen MR) is 171 cm³/mol. The van der Waals surface area contributed by atoms with Crippen LogP contribution in [-0.2, 0) is 19.1 Å². The van der Waals surface area contributed by atoms with E-state index in [4.69, 9.17) is 14.5 Å². The fourth-order valence-corrected chi connectivity index (χ4v) is 7.13. The first kappa shape index (κ1) is 30.4. The van der Waals surface area contributed by atoms with Crippen LogP contribution in [0.2, 0.25) is 0 Å². The zero-order chi connectivity index (χ0) is 29.1. The molecule has 2 heterocycles. The number of aromatic nitrogens is 1. The first-order valence-electron chi connectivity index (χ1n) is 14.8. The summed E-state index contributed by atoms with van der Waals surface area (Å²) in [4.78, 5) is 28.6. The van der Waals surface area contributed by atoms with Gasteiger partial charge in [-0.3, -0.25) is 9.59 Å². The molecule has 42 heavy (non-hydrogen) atoms. The van der Waals surface area contributed by atoms with Gasteiger partial charge in [-0.2, -0.15) is 0 Å². The predicted octanol–water partition coefficient (Wildman–Crippen LogP) is 8.89. The number of hydrogen-bond acceptors (Lipinski definition) is 7. The smallest absolute Gasteiger partial charge is 0.224 e. The lowest BCUT2D eigenvalue weighted by atomic mass is 10.0. The highest BCUT2D eigenvalue weighted by Gasteiger charge is 2.32. The van der Waals surface area contributed by atoms with Gasteiger partial charge >= 0.3 is 0 Å². The first-order chi connectivity index (χ1) is 20.6. The number of thioether (sulfide) groups is 1. The van der Waals surface area contributed by atoms with Crippen LogP contribution in [0.15, 0.2) is 83.2 Å². The molecule has 1 aliphatic rings. The number of Topliss-reactive ketones (excluding diaryl/α,β-unsaturated/α-hetero) is 1. The van der Waals surface area contributed by atoms with Gasteiger partial charge in [0.2, 0.25) is 5.91 Å². The molecule has 3 atom stereocenters. The summed E-state index contributed by atoms with van der Waals surface area (Å²) < 4.78 is 15.1. The van der Waals surface area contributed by atoms with Gasteiger partial charge in [0.05, 0.1) is 22.4 Å². The Labute approximate surface area is 256 Å². The summed E-state index contributed by atoms with van der Waals surface area (Å²) in [5.74, 6) is 1.12. The highest BCUT2D eigenvalue weighted by molar-refractivity contribution is 8.01. The van der Waals surface area contributed by atoms with Gasteiger partial charge in [0.15, 0.2) is 10.6 Å². The summed E-state index contributed by atoms with van der Waals surface area (Å²) in [7, 11) is 0. The van der Waals surface area contributed by atoms with Crippen molar-refractivity contribution in [2.45, 2.75) is 81.1 Å². The van der Waals surface area contributed by atoms with Gasteiger partial charge in [-0.05, 0) is 42.7 Å². The van der Waals surface area contributed by atoms with Crippen molar-refractivity contribution in [2.24, 2.45) is 0 Å². The maximum atomic E-state index is 12.5. The molecule has 0 spiro atoms. The molecular formula is C34H38N2O4S2. The Hall–Kier alpha value is -3.04. The largest absolute Gasteiger partial charge is 0.344 e. The summed E-state index contributed by atoms with van der Waals surface area (Å²) >= 11 is 3.45. The molecule has 220 valence electrons. The van der Waals surface area contributed by atoms with Crippen LogP contribution < -0.4 is 5.32 Å². The molecule has 0 radical (unpaired) electrons. The van der Waals surface area contributed by atoms with E-state index in [1.807, 2.05) is 79.7 Å². The summed E-state index contributed by atoms with van der Waals surface area (Å²) in [6.45, 7) is 1.90. The summed E-state index contributed by atoms with van der Waals surface area (Å²) in [5.41, 5.74) is 3.88. The van der Waals surface area contributed by atoms with Gasteiger partial charge in [-0.15, -0.1) is 11.3 Å². The van der Waals surface area contributed by atoms with E-state index in [9.17, 15) is 9.59 Å². The van der Waals surface area contributed by atoms with E-state index in [2.05, 4.69) is 11.4 Å². The number of carbonyl (C=O) groups is 2. The Morgan fingerprint density at radius 3 is 2.38 bits per heavy atom. The molecule has 1 saturated heterocycles. The highest BCUT2D eigenvalue weighted by Crippen LogP contribution is 2.40. The average Bonchev–Trinajstić information content (AvgIpc) is 3.45.